The quantitative estimate of drug-likeness (QED) is 0.592. The van der Waals surface area contributed by atoms with Crippen LogP contribution in [0.15, 0.2) is 24.3 Å². The summed E-state index contributed by atoms with van der Waals surface area (Å²) in [5.41, 5.74) is 0.573. The van der Waals surface area contributed by atoms with Crippen LogP contribution >= 0.6 is 0 Å². The van der Waals surface area contributed by atoms with Crippen molar-refractivity contribution in [1.29, 1.82) is 0 Å². The first-order valence-electron chi connectivity index (χ1n) is 7.33. The first-order valence-corrected chi connectivity index (χ1v) is 7.33. The fourth-order valence-corrected chi connectivity index (χ4v) is 2.45. The molecule has 0 saturated carbocycles. The number of hydrogen-bond donors (Lipinski definition) is 0. The highest BCUT2D eigenvalue weighted by atomic mass is 16.5. The predicted molar refractivity (Wildman–Crippen MR) is 78.2 cm³/mol. The van der Waals surface area contributed by atoms with E-state index >= 15 is 0 Å². The van der Waals surface area contributed by atoms with Crippen molar-refractivity contribution in [2.45, 2.75) is 25.7 Å². The molecule has 20 heavy (non-hydrogen) atoms. The number of likely N-dealkylation sites (tertiary alicyclic amines) is 1. The molecule has 0 N–H and O–H groups in total. The average Bonchev–Trinajstić information content (AvgIpc) is 2.52. The Morgan fingerprint density at radius 3 is 2.50 bits per heavy atom. The molecule has 1 heterocycles. The van der Waals surface area contributed by atoms with E-state index in [1.165, 1.54) is 32.4 Å². The van der Waals surface area contributed by atoms with Crippen LogP contribution in [-0.4, -0.2) is 44.2 Å². The number of esters is 1. The number of nitrogens with zero attached hydrogens (tertiary/aromatic N) is 1. The molecule has 2 rings (SSSR count). The summed E-state index contributed by atoms with van der Waals surface area (Å²) in [6.45, 7) is 3.89. The molecule has 4 nitrogen and oxygen atoms in total. The van der Waals surface area contributed by atoms with E-state index < -0.39 is 0 Å². The van der Waals surface area contributed by atoms with E-state index in [-0.39, 0.29) is 5.97 Å². The van der Waals surface area contributed by atoms with Crippen LogP contribution in [0.5, 0.6) is 5.75 Å². The lowest BCUT2D eigenvalue weighted by Crippen LogP contribution is -2.31. The van der Waals surface area contributed by atoms with Gasteiger partial charge in [-0.25, -0.2) is 4.79 Å². The van der Waals surface area contributed by atoms with E-state index in [9.17, 15) is 4.79 Å². The second kappa shape index (κ2) is 7.90. The predicted octanol–water partition coefficient (Wildman–Crippen LogP) is 2.73. The van der Waals surface area contributed by atoms with Crippen LogP contribution in [0, 0.1) is 0 Å². The van der Waals surface area contributed by atoms with Gasteiger partial charge in [0.15, 0.2) is 0 Å². The van der Waals surface area contributed by atoms with Crippen LogP contribution in [0.1, 0.15) is 36.0 Å². The van der Waals surface area contributed by atoms with Crippen molar-refractivity contribution >= 4 is 5.97 Å². The SMILES string of the molecule is COc1ccc(C(=O)OCCCN2CCCCC2)cc1. The van der Waals surface area contributed by atoms with Gasteiger partial charge in [0, 0.05) is 6.54 Å². The van der Waals surface area contributed by atoms with E-state index in [0.29, 0.717) is 12.2 Å². The third-order valence-corrected chi connectivity index (χ3v) is 3.63. The van der Waals surface area contributed by atoms with E-state index in [0.717, 1.165) is 18.7 Å². The van der Waals surface area contributed by atoms with Crippen molar-refractivity contribution < 1.29 is 14.3 Å². The van der Waals surface area contributed by atoms with Gasteiger partial charge in [0.2, 0.25) is 0 Å². The Hall–Kier alpha value is -1.55. The number of carbonyl (C=O) groups is 1. The molecule has 0 amide bonds. The monoisotopic (exact) mass is 277 g/mol. The molecule has 1 aliphatic heterocycles. The summed E-state index contributed by atoms with van der Waals surface area (Å²) in [4.78, 5) is 14.3. The summed E-state index contributed by atoms with van der Waals surface area (Å²) in [5, 5.41) is 0. The zero-order valence-corrected chi connectivity index (χ0v) is 12.1. The molecular weight excluding hydrogens is 254 g/mol. The zero-order valence-electron chi connectivity index (χ0n) is 12.1. The van der Waals surface area contributed by atoms with Gasteiger partial charge in [-0.2, -0.15) is 0 Å². The van der Waals surface area contributed by atoms with Gasteiger partial charge in [-0.3, -0.25) is 0 Å². The zero-order chi connectivity index (χ0) is 14.2. The fraction of sp³-hybridized carbons (Fsp3) is 0.562. The highest BCUT2D eigenvalue weighted by Gasteiger charge is 2.10. The topological polar surface area (TPSA) is 38.8 Å². The molecule has 4 heteroatoms. The van der Waals surface area contributed by atoms with Crippen molar-refractivity contribution in [1.82, 2.24) is 4.90 Å². The maximum Gasteiger partial charge on any atom is 0.338 e. The molecule has 1 aromatic carbocycles. The van der Waals surface area contributed by atoms with E-state index in [4.69, 9.17) is 9.47 Å². The van der Waals surface area contributed by atoms with Gasteiger partial charge in [-0.15, -0.1) is 0 Å². The van der Waals surface area contributed by atoms with Gasteiger partial charge < -0.3 is 14.4 Å². The molecule has 0 unspecified atom stereocenters. The van der Waals surface area contributed by atoms with Crippen molar-refractivity contribution in [3.05, 3.63) is 29.8 Å². The number of benzene rings is 1. The highest BCUT2D eigenvalue weighted by molar-refractivity contribution is 5.89. The maximum absolute atomic E-state index is 11.8. The van der Waals surface area contributed by atoms with Gasteiger partial charge in [-0.1, -0.05) is 6.42 Å². The Labute approximate surface area is 120 Å². The molecule has 110 valence electrons. The highest BCUT2D eigenvalue weighted by Crippen LogP contribution is 2.12. The summed E-state index contributed by atoms with van der Waals surface area (Å²) in [6.07, 6.45) is 4.85. The summed E-state index contributed by atoms with van der Waals surface area (Å²) >= 11 is 0. The lowest BCUT2D eigenvalue weighted by atomic mass is 10.1. The number of ether oxygens (including phenoxy) is 2. The summed E-state index contributed by atoms with van der Waals surface area (Å²) in [5.74, 6) is 0.484. The van der Waals surface area contributed by atoms with Gasteiger partial charge in [0.1, 0.15) is 5.75 Å². The van der Waals surface area contributed by atoms with Crippen LogP contribution < -0.4 is 4.74 Å². The van der Waals surface area contributed by atoms with Gasteiger partial charge in [-0.05, 0) is 56.6 Å². The van der Waals surface area contributed by atoms with E-state index in [2.05, 4.69) is 4.90 Å². The molecule has 1 saturated heterocycles. The number of methoxy groups -OCH3 is 1. The van der Waals surface area contributed by atoms with Gasteiger partial charge in [0.25, 0.3) is 0 Å². The van der Waals surface area contributed by atoms with Crippen molar-refractivity contribution in [2.75, 3.05) is 33.4 Å². The standard InChI is InChI=1S/C16H23NO3/c1-19-15-8-6-14(7-9-15)16(18)20-13-5-12-17-10-3-2-4-11-17/h6-9H,2-5,10-13H2,1H3. The summed E-state index contributed by atoms with van der Waals surface area (Å²) in [7, 11) is 1.61. The Bertz CT molecular complexity index is 410. The number of rotatable bonds is 6. The van der Waals surface area contributed by atoms with Crippen LogP contribution in [0.25, 0.3) is 0 Å². The Morgan fingerprint density at radius 2 is 1.85 bits per heavy atom. The first kappa shape index (κ1) is 14.9. The normalized spacial score (nSPS) is 15.8. The molecule has 1 aromatic rings. The molecule has 0 radical (unpaired) electrons. The summed E-state index contributed by atoms with van der Waals surface area (Å²) in [6, 6.07) is 6.99. The third kappa shape index (κ3) is 4.53. The Balaban J connectivity index is 1.66. The molecule has 0 bridgehead atoms. The van der Waals surface area contributed by atoms with Crippen LogP contribution in [0.2, 0.25) is 0 Å². The number of hydrogen-bond acceptors (Lipinski definition) is 4. The Kier molecular flexibility index (Phi) is 5.87. The smallest absolute Gasteiger partial charge is 0.338 e. The van der Waals surface area contributed by atoms with Crippen molar-refractivity contribution in [3.63, 3.8) is 0 Å². The minimum atomic E-state index is -0.258. The van der Waals surface area contributed by atoms with Crippen LogP contribution in [0.3, 0.4) is 0 Å². The van der Waals surface area contributed by atoms with Crippen LogP contribution in [0.4, 0.5) is 0 Å². The minimum Gasteiger partial charge on any atom is -0.497 e. The minimum absolute atomic E-state index is 0.258. The molecule has 0 atom stereocenters. The lowest BCUT2D eigenvalue weighted by Gasteiger charge is -2.26. The summed E-state index contributed by atoms with van der Waals surface area (Å²) < 4.78 is 10.3. The number of piperidine rings is 1. The van der Waals surface area contributed by atoms with E-state index in [1.807, 2.05) is 0 Å². The Morgan fingerprint density at radius 1 is 1.15 bits per heavy atom. The molecule has 1 aliphatic rings. The van der Waals surface area contributed by atoms with Crippen LogP contribution in [-0.2, 0) is 4.74 Å². The second-order valence-electron chi connectivity index (χ2n) is 5.12. The molecule has 0 aromatic heterocycles. The average molecular weight is 277 g/mol. The van der Waals surface area contributed by atoms with Crippen molar-refractivity contribution in [2.24, 2.45) is 0 Å². The molecular formula is C16H23NO3. The fourth-order valence-electron chi connectivity index (χ4n) is 2.45. The number of carbonyl (C=O) groups excluding carboxylic acids is 1. The largest absolute Gasteiger partial charge is 0.497 e. The first-order chi connectivity index (χ1) is 9.79. The third-order valence-electron chi connectivity index (χ3n) is 3.63. The molecule has 0 aliphatic carbocycles. The molecule has 0 spiro atoms. The van der Waals surface area contributed by atoms with E-state index in [1.54, 1.807) is 31.4 Å². The van der Waals surface area contributed by atoms with Gasteiger partial charge in [0.05, 0.1) is 19.3 Å². The lowest BCUT2D eigenvalue weighted by molar-refractivity contribution is 0.0485. The molecule has 1 fully saturated rings. The van der Waals surface area contributed by atoms with Crippen molar-refractivity contribution in [3.8, 4) is 5.75 Å². The maximum atomic E-state index is 11.8. The second-order valence-corrected chi connectivity index (χ2v) is 5.12. The van der Waals surface area contributed by atoms with Gasteiger partial charge >= 0.3 is 5.97 Å².